The molecule has 1 aromatic carbocycles. The first kappa shape index (κ1) is 39.3. The van der Waals surface area contributed by atoms with E-state index in [1.165, 1.54) is 89.9 Å². The van der Waals surface area contributed by atoms with Gasteiger partial charge in [0.25, 0.3) is 10.1 Å². The van der Waals surface area contributed by atoms with Crippen molar-refractivity contribution in [2.75, 3.05) is 19.8 Å². The zero-order valence-electron chi connectivity index (χ0n) is 28.3. The van der Waals surface area contributed by atoms with Gasteiger partial charge in [0.2, 0.25) is 0 Å². The summed E-state index contributed by atoms with van der Waals surface area (Å²) in [6.07, 6.45) is 23.0. The van der Waals surface area contributed by atoms with Gasteiger partial charge in [-0.1, -0.05) is 148 Å². The number of aryl methyl sites for hydroxylation is 1. The largest absolute Gasteiger partial charge is 0.414 e. The Morgan fingerprint density at radius 2 is 1.17 bits per heavy atom. The van der Waals surface area contributed by atoms with E-state index in [0.717, 1.165) is 31.2 Å². The highest BCUT2D eigenvalue weighted by Crippen LogP contribution is 2.28. The van der Waals surface area contributed by atoms with Crippen LogP contribution in [0, 0.1) is 6.92 Å². The third kappa shape index (κ3) is 18.8. The molecule has 1 rings (SSSR count). The molecule has 0 aliphatic carbocycles. The minimum atomic E-state index is -3.89. The van der Waals surface area contributed by atoms with Gasteiger partial charge in [-0.3, -0.25) is 4.18 Å². The highest BCUT2D eigenvalue weighted by atomic mass is 32.2. The minimum absolute atomic E-state index is 0.173. The summed E-state index contributed by atoms with van der Waals surface area (Å²) in [5.74, 6) is 0. The Hall–Kier alpha value is -0.733. The third-order valence-corrected chi connectivity index (χ3v) is 13.5. The van der Waals surface area contributed by atoms with Gasteiger partial charge >= 0.3 is 0 Å². The number of benzene rings is 1. The van der Waals surface area contributed by atoms with E-state index in [9.17, 15) is 8.42 Å². The van der Waals surface area contributed by atoms with Gasteiger partial charge in [0.05, 0.1) is 18.1 Å². The smallest absolute Gasteiger partial charge is 0.297 e. The van der Waals surface area contributed by atoms with E-state index in [1.54, 1.807) is 24.3 Å². The van der Waals surface area contributed by atoms with E-state index >= 15 is 0 Å². The Bertz CT molecular complexity index is 872. The predicted molar refractivity (Wildman–Crippen MR) is 181 cm³/mol. The lowest BCUT2D eigenvalue weighted by molar-refractivity contribution is 0.0252. The van der Waals surface area contributed by atoms with Crippen molar-refractivity contribution in [3.05, 3.63) is 29.8 Å². The summed E-state index contributed by atoms with van der Waals surface area (Å²) in [5, 5.41) is 0. The molecule has 0 saturated heterocycles. The van der Waals surface area contributed by atoms with Gasteiger partial charge in [0.1, 0.15) is 6.10 Å². The molecule has 0 bridgehead atoms. The number of ether oxygens (including phenoxy) is 1. The number of hydrogen-bond acceptors (Lipinski definition) is 5. The van der Waals surface area contributed by atoms with E-state index in [1.807, 2.05) is 6.92 Å². The predicted octanol–water partition coefficient (Wildman–Crippen LogP) is 10.8. The average Bonchev–Trinajstić information content (AvgIpc) is 2.95. The molecule has 0 heterocycles. The molecular weight excluding hydrogens is 561 g/mol. The second-order valence-electron chi connectivity index (χ2n) is 13.0. The summed E-state index contributed by atoms with van der Waals surface area (Å²) in [6, 6.07) is 6.78. The van der Waals surface area contributed by atoms with E-state index in [4.69, 9.17) is 13.3 Å². The summed E-state index contributed by atoms with van der Waals surface area (Å²) in [6.45, 7) is 14.1. The van der Waals surface area contributed by atoms with Crippen LogP contribution in [0.1, 0.15) is 142 Å². The summed E-state index contributed by atoms with van der Waals surface area (Å²) in [4.78, 5) is 0.173. The highest BCUT2D eigenvalue weighted by Gasteiger charge is 2.32. The van der Waals surface area contributed by atoms with Crippen LogP contribution in [0.15, 0.2) is 29.2 Å². The maximum Gasteiger partial charge on any atom is 0.297 e. The lowest BCUT2D eigenvalue weighted by Crippen LogP contribution is -2.40. The van der Waals surface area contributed by atoms with Crippen LogP contribution in [-0.2, 0) is 23.5 Å². The van der Waals surface area contributed by atoms with Gasteiger partial charge in [-0.15, -0.1) is 0 Å². The van der Waals surface area contributed by atoms with Crippen molar-refractivity contribution in [2.45, 2.75) is 173 Å². The van der Waals surface area contributed by atoms with Gasteiger partial charge in [0, 0.05) is 6.61 Å². The molecule has 0 unspecified atom stereocenters. The molecular formula is C35H66O5SSi. The summed E-state index contributed by atoms with van der Waals surface area (Å²) >= 11 is 0. The molecule has 0 saturated carbocycles. The number of unbranched alkanes of at least 4 members (excludes halogenated alkanes) is 15. The average molecular weight is 627 g/mol. The molecule has 0 aromatic heterocycles. The van der Waals surface area contributed by atoms with Crippen molar-refractivity contribution >= 4 is 18.4 Å². The molecule has 0 fully saturated rings. The Morgan fingerprint density at radius 1 is 0.690 bits per heavy atom. The van der Waals surface area contributed by atoms with Gasteiger partial charge in [-0.2, -0.15) is 8.42 Å². The fourth-order valence-corrected chi connectivity index (χ4v) is 8.17. The molecule has 42 heavy (non-hydrogen) atoms. The van der Waals surface area contributed by atoms with Crippen LogP contribution in [-0.4, -0.2) is 42.7 Å². The van der Waals surface area contributed by atoms with Crippen LogP contribution in [0.2, 0.25) is 18.6 Å². The van der Waals surface area contributed by atoms with Gasteiger partial charge < -0.3 is 9.16 Å². The van der Waals surface area contributed by atoms with Crippen molar-refractivity contribution in [1.82, 2.24) is 0 Å². The standard InChI is InChI=1S/C35H66O5SSi/c1-7-9-10-11-12-13-14-15-16-17-18-19-20-21-22-23-29-38-30-34(31-39-42(5,6)33(4)24-8-2)40-41(36,37)35-27-25-32(3)26-28-35/h25-28,33-34H,7-24,29-31H2,1-6H3/t33-,34-/m0/s1. The second kappa shape index (κ2) is 23.6. The Kier molecular flexibility index (Phi) is 22.1. The number of hydrogen-bond donors (Lipinski definition) is 0. The quantitative estimate of drug-likeness (QED) is 0.0526. The van der Waals surface area contributed by atoms with Gasteiger partial charge in [0.15, 0.2) is 8.32 Å². The van der Waals surface area contributed by atoms with Crippen molar-refractivity contribution in [3.63, 3.8) is 0 Å². The molecule has 0 radical (unpaired) electrons. The first-order valence-electron chi connectivity index (χ1n) is 17.3. The lowest BCUT2D eigenvalue weighted by atomic mass is 10.0. The zero-order valence-corrected chi connectivity index (χ0v) is 30.1. The topological polar surface area (TPSA) is 61.8 Å². The molecule has 246 valence electrons. The lowest BCUT2D eigenvalue weighted by Gasteiger charge is -2.31. The van der Waals surface area contributed by atoms with Crippen LogP contribution in [0.5, 0.6) is 0 Å². The van der Waals surface area contributed by atoms with Crippen molar-refractivity contribution in [1.29, 1.82) is 0 Å². The number of rotatable bonds is 28. The Morgan fingerprint density at radius 3 is 1.64 bits per heavy atom. The second-order valence-corrected chi connectivity index (χ2v) is 19.0. The van der Waals surface area contributed by atoms with Crippen LogP contribution in [0.3, 0.4) is 0 Å². The summed E-state index contributed by atoms with van der Waals surface area (Å²) < 4.78 is 43.9. The van der Waals surface area contributed by atoms with E-state index < -0.39 is 24.5 Å². The fourth-order valence-electron chi connectivity index (χ4n) is 5.24. The molecule has 0 aliphatic rings. The normalized spacial score (nSPS) is 13.9. The van der Waals surface area contributed by atoms with Crippen LogP contribution in [0.4, 0.5) is 0 Å². The SMILES string of the molecule is CCCCCCCCCCCCCCCCCCOC[C@@H](CO[Si](C)(C)[C@@H](C)CCC)OS(=O)(=O)c1ccc(C)cc1. The Balaban J connectivity index is 2.29. The Labute approximate surface area is 262 Å². The van der Waals surface area contributed by atoms with Crippen LogP contribution >= 0.6 is 0 Å². The van der Waals surface area contributed by atoms with E-state index in [2.05, 4.69) is 33.9 Å². The highest BCUT2D eigenvalue weighted by molar-refractivity contribution is 7.86. The zero-order chi connectivity index (χ0) is 31.1. The maximum atomic E-state index is 13.0. The molecule has 0 amide bonds. The molecule has 5 nitrogen and oxygen atoms in total. The van der Waals surface area contributed by atoms with Gasteiger partial charge in [-0.25, -0.2) is 0 Å². The van der Waals surface area contributed by atoms with Gasteiger partial charge in [-0.05, 0) is 44.1 Å². The van der Waals surface area contributed by atoms with Crippen molar-refractivity contribution < 1.29 is 21.8 Å². The van der Waals surface area contributed by atoms with Crippen molar-refractivity contribution in [3.8, 4) is 0 Å². The molecule has 0 aliphatic heterocycles. The van der Waals surface area contributed by atoms with E-state index in [0.29, 0.717) is 12.1 Å². The molecule has 0 spiro atoms. The molecule has 2 atom stereocenters. The minimum Gasteiger partial charge on any atom is -0.414 e. The summed E-state index contributed by atoms with van der Waals surface area (Å²) in [5.41, 5.74) is 1.50. The molecule has 1 aromatic rings. The molecule has 0 N–H and O–H groups in total. The third-order valence-electron chi connectivity index (χ3n) is 8.57. The maximum absolute atomic E-state index is 13.0. The molecule has 7 heteroatoms. The van der Waals surface area contributed by atoms with Crippen molar-refractivity contribution in [2.24, 2.45) is 0 Å². The first-order valence-corrected chi connectivity index (χ1v) is 21.7. The van der Waals surface area contributed by atoms with E-state index in [-0.39, 0.29) is 18.1 Å². The first-order chi connectivity index (χ1) is 20.1. The monoisotopic (exact) mass is 626 g/mol. The van der Waals surface area contributed by atoms with Crippen LogP contribution in [0.25, 0.3) is 0 Å². The summed E-state index contributed by atoms with van der Waals surface area (Å²) in [7, 11) is -5.87. The van der Waals surface area contributed by atoms with Crippen LogP contribution < -0.4 is 0 Å². The fraction of sp³-hybridized carbons (Fsp3) is 0.829.